The smallest absolute Gasteiger partial charge is 0.168 e. The summed E-state index contributed by atoms with van der Waals surface area (Å²) >= 11 is 0. The van der Waals surface area contributed by atoms with Crippen molar-refractivity contribution in [1.82, 2.24) is 5.32 Å². The number of rotatable bonds is 0. The highest BCUT2D eigenvalue weighted by Crippen LogP contribution is 2.26. The fraction of sp³-hybridized carbons (Fsp3) is 0.400. The van der Waals surface area contributed by atoms with Gasteiger partial charge in [0.2, 0.25) is 0 Å². The van der Waals surface area contributed by atoms with Crippen molar-refractivity contribution in [3.05, 3.63) is 29.3 Å². The van der Waals surface area contributed by atoms with Gasteiger partial charge in [-0.3, -0.25) is 0 Å². The molecule has 1 aliphatic heterocycles. The van der Waals surface area contributed by atoms with Gasteiger partial charge in [-0.25, -0.2) is 8.78 Å². The van der Waals surface area contributed by atoms with Crippen LogP contribution in [-0.2, 0) is 6.54 Å². The third-order valence-electron chi connectivity index (χ3n) is 2.15. The molecule has 0 bridgehead atoms. The van der Waals surface area contributed by atoms with E-state index in [1.807, 2.05) is 6.92 Å². The van der Waals surface area contributed by atoms with E-state index in [1.54, 1.807) is 0 Å². The fourth-order valence-electron chi connectivity index (χ4n) is 1.53. The summed E-state index contributed by atoms with van der Waals surface area (Å²) in [5.74, 6) is -1.03. The summed E-state index contributed by atoms with van der Waals surface area (Å²) in [6.45, 7) is 2.91. The van der Waals surface area contributed by atoms with Crippen LogP contribution in [0.25, 0.3) is 0 Å². The van der Waals surface area contributed by atoms with Gasteiger partial charge in [0, 0.05) is 24.7 Å². The molecule has 0 aromatic heterocycles. The van der Waals surface area contributed by atoms with Gasteiger partial charge in [0.15, 0.2) is 11.6 Å². The van der Waals surface area contributed by atoms with Gasteiger partial charge in [-0.2, -0.15) is 0 Å². The molecule has 0 fully saturated rings. The van der Waals surface area contributed by atoms with Crippen molar-refractivity contribution in [3.63, 3.8) is 0 Å². The highest BCUT2D eigenvalue weighted by atomic mass is 19.1. The van der Waals surface area contributed by atoms with Gasteiger partial charge < -0.3 is 10.1 Å². The zero-order valence-corrected chi connectivity index (χ0v) is 7.81. The first-order valence-electron chi connectivity index (χ1n) is 4.52. The van der Waals surface area contributed by atoms with Crippen molar-refractivity contribution < 1.29 is 13.5 Å². The van der Waals surface area contributed by atoms with Gasteiger partial charge in [0.25, 0.3) is 0 Å². The van der Waals surface area contributed by atoms with E-state index in [9.17, 15) is 8.78 Å². The van der Waals surface area contributed by atoms with E-state index in [2.05, 4.69) is 5.32 Å². The summed E-state index contributed by atoms with van der Waals surface area (Å²) in [6, 6.07) is 2.14. The molecule has 1 aliphatic rings. The number of nitrogens with one attached hydrogen (secondary N) is 1. The molecule has 4 heteroatoms. The first kappa shape index (κ1) is 9.40. The molecule has 2 nitrogen and oxygen atoms in total. The summed E-state index contributed by atoms with van der Waals surface area (Å²) in [4.78, 5) is 0. The van der Waals surface area contributed by atoms with Crippen LogP contribution in [0, 0.1) is 11.6 Å². The van der Waals surface area contributed by atoms with Gasteiger partial charge >= 0.3 is 0 Å². The molecule has 1 atom stereocenters. The fourth-order valence-corrected chi connectivity index (χ4v) is 1.53. The zero-order chi connectivity index (χ0) is 10.1. The lowest BCUT2D eigenvalue weighted by Crippen LogP contribution is -2.25. The largest absolute Gasteiger partial charge is 0.486 e. The number of halogens is 2. The normalized spacial score (nSPS) is 20.9. The quantitative estimate of drug-likeness (QED) is 0.688. The van der Waals surface area contributed by atoms with Crippen molar-refractivity contribution >= 4 is 0 Å². The van der Waals surface area contributed by atoms with Gasteiger partial charge in [-0.15, -0.1) is 0 Å². The second-order valence-corrected chi connectivity index (χ2v) is 3.44. The Morgan fingerprint density at radius 2 is 2.21 bits per heavy atom. The van der Waals surface area contributed by atoms with Crippen LogP contribution in [0.15, 0.2) is 12.1 Å². The summed E-state index contributed by atoms with van der Waals surface area (Å²) in [5.41, 5.74) is 0.534. The van der Waals surface area contributed by atoms with Gasteiger partial charge in [0.05, 0.1) is 0 Å². The first-order chi connectivity index (χ1) is 6.66. The van der Waals surface area contributed by atoms with Crippen LogP contribution in [-0.4, -0.2) is 12.6 Å². The Bertz CT molecular complexity index is 354. The van der Waals surface area contributed by atoms with E-state index in [0.717, 1.165) is 6.07 Å². The Kier molecular flexibility index (Phi) is 2.37. The van der Waals surface area contributed by atoms with E-state index in [-0.39, 0.29) is 11.9 Å². The van der Waals surface area contributed by atoms with E-state index < -0.39 is 11.6 Å². The molecule has 14 heavy (non-hydrogen) atoms. The Balaban J connectivity index is 2.45. The van der Waals surface area contributed by atoms with E-state index >= 15 is 0 Å². The van der Waals surface area contributed by atoms with Crippen LogP contribution in [0.2, 0.25) is 0 Å². The molecule has 0 amide bonds. The SMILES string of the molecule is C[C@H]1CNCc2cc(F)cc(F)c2O1. The van der Waals surface area contributed by atoms with Gasteiger partial charge in [-0.05, 0) is 13.0 Å². The summed E-state index contributed by atoms with van der Waals surface area (Å²) in [6.07, 6.45) is -0.101. The average Bonchev–Trinajstić information content (AvgIpc) is 2.27. The van der Waals surface area contributed by atoms with Crippen molar-refractivity contribution in [1.29, 1.82) is 0 Å². The molecule has 0 saturated carbocycles. The van der Waals surface area contributed by atoms with Crippen LogP contribution in [0.1, 0.15) is 12.5 Å². The lowest BCUT2D eigenvalue weighted by atomic mass is 10.2. The third kappa shape index (κ3) is 1.70. The highest BCUT2D eigenvalue weighted by molar-refractivity contribution is 5.36. The summed E-state index contributed by atoms with van der Waals surface area (Å²) in [5, 5.41) is 3.05. The topological polar surface area (TPSA) is 21.3 Å². The van der Waals surface area contributed by atoms with E-state index in [4.69, 9.17) is 4.74 Å². The molecular weight excluding hydrogens is 188 g/mol. The van der Waals surface area contributed by atoms with Gasteiger partial charge in [-0.1, -0.05) is 0 Å². The molecule has 0 spiro atoms. The maximum atomic E-state index is 13.3. The number of fused-ring (bicyclic) bond motifs is 1. The third-order valence-corrected chi connectivity index (χ3v) is 2.15. The average molecular weight is 199 g/mol. The Hall–Kier alpha value is -1.16. The minimum absolute atomic E-state index is 0.101. The van der Waals surface area contributed by atoms with E-state index in [0.29, 0.717) is 18.7 Å². The van der Waals surface area contributed by atoms with Crippen molar-refractivity contribution in [2.24, 2.45) is 0 Å². The Morgan fingerprint density at radius 3 is 3.00 bits per heavy atom. The highest BCUT2D eigenvalue weighted by Gasteiger charge is 2.18. The molecule has 0 aliphatic carbocycles. The maximum absolute atomic E-state index is 13.3. The molecular formula is C10H11F2NO. The van der Waals surface area contributed by atoms with Crippen LogP contribution >= 0.6 is 0 Å². The molecule has 76 valence electrons. The van der Waals surface area contributed by atoms with Gasteiger partial charge in [0.1, 0.15) is 11.9 Å². The number of benzene rings is 1. The minimum atomic E-state index is -0.629. The summed E-state index contributed by atoms with van der Waals surface area (Å²) in [7, 11) is 0. The molecule has 0 radical (unpaired) electrons. The molecule has 2 rings (SSSR count). The maximum Gasteiger partial charge on any atom is 0.168 e. The lowest BCUT2D eigenvalue weighted by Gasteiger charge is -2.12. The minimum Gasteiger partial charge on any atom is -0.486 e. The standard InChI is InChI=1S/C10H11F2NO/c1-6-4-13-5-7-2-8(11)3-9(12)10(7)14-6/h2-3,6,13H,4-5H2,1H3/t6-/m0/s1. The van der Waals surface area contributed by atoms with Crippen LogP contribution < -0.4 is 10.1 Å². The Labute approximate surface area is 80.9 Å². The Morgan fingerprint density at radius 1 is 1.43 bits per heavy atom. The predicted octanol–water partition coefficient (Wildman–Crippen LogP) is 1.84. The molecule has 0 unspecified atom stereocenters. The van der Waals surface area contributed by atoms with Crippen molar-refractivity contribution in [2.75, 3.05) is 6.54 Å². The molecule has 0 saturated heterocycles. The monoisotopic (exact) mass is 199 g/mol. The molecule has 1 heterocycles. The van der Waals surface area contributed by atoms with Crippen LogP contribution in [0.3, 0.4) is 0 Å². The van der Waals surface area contributed by atoms with Crippen LogP contribution in [0.4, 0.5) is 8.78 Å². The summed E-state index contributed by atoms with van der Waals surface area (Å²) < 4.78 is 31.5. The predicted molar refractivity (Wildman–Crippen MR) is 48.2 cm³/mol. The first-order valence-corrected chi connectivity index (χ1v) is 4.52. The molecule has 1 N–H and O–H groups in total. The second-order valence-electron chi connectivity index (χ2n) is 3.44. The number of ether oxygens (including phenoxy) is 1. The number of hydrogen-bond donors (Lipinski definition) is 1. The number of hydrogen-bond acceptors (Lipinski definition) is 2. The lowest BCUT2D eigenvalue weighted by molar-refractivity contribution is 0.216. The molecule has 1 aromatic carbocycles. The van der Waals surface area contributed by atoms with Crippen molar-refractivity contribution in [2.45, 2.75) is 19.6 Å². The zero-order valence-electron chi connectivity index (χ0n) is 7.81. The second kappa shape index (κ2) is 3.53. The molecule has 1 aromatic rings. The van der Waals surface area contributed by atoms with Crippen molar-refractivity contribution in [3.8, 4) is 5.75 Å². The van der Waals surface area contributed by atoms with Crippen LogP contribution in [0.5, 0.6) is 5.75 Å². The van der Waals surface area contributed by atoms with E-state index in [1.165, 1.54) is 6.07 Å².